The number of nitro benzene ring substituents is 1. The number of nitrogens with zero attached hydrogens (tertiary/aromatic N) is 4. The summed E-state index contributed by atoms with van der Waals surface area (Å²) < 4.78 is 4.87. The van der Waals surface area contributed by atoms with Crippen LogP contribution in [0.4, 0.5) is 17.3 Å². The summed E-state index contributed by atoms with van der Waals surface area (Å²) in [5.74, 6) is -0.941. The van der Waals surface area contributed by atoms with Crippen LogP contribution in [0.15, 0.2) is 36.7 Å². The number of anilines is 2. The molecule has 0 aliphatic rings. The van der Waals surface area contributed by atoms with Gasteiger partial charge in [0.05, 0.1) is 15.6 Å². The lowest BCUT2D eigenvalue weighted by Crippen LogP contribution is -2.30. The number of nitro groups is 1. The maximum atomic E-state index is 11.8. The summed E-state index contributed by atoms with van der Waals surface area (Å²) in [7, 11) is 1.60. The second-order valence-corrected chi connectivity index (χ2v) is 5.44. The average Bonchev–Trinajstić information content (AvgIpc) is 2.62. The van der Waals surface area contributed by atoms with E-state index in [-0.39, 0.29) is 22.9 Å². The highest BCUT2D eigenvalue weighted by molar-refractivity contribution is 6.34. The fourth-order valence-corrected chi connectivity index (χ4v) is 2.07. The number of non-ortho nitro benzene ring substituents is 1. The van der Waals surface area contributed by atoms with E-state index in [9.17, 15) is 19.7 Å². The highest BCUT2D eigenvalue weighted by Gasteiger charge is 2.14. The van der Waals surface area contributed by atoms with E-state index in [1.165, 1.54) is 29.4 Å². The number of carbonyl (C=O) groups is 2. The van der Waals surface area contributed by atoms with Crippen molar-refractivity contribution >= 4 is 40.8 Å². The number of esters is 1. The molecule has 0 unspecified atom stereocenters. The molecular weight excluding hydrogens is 366 g/mol. The zero-order valence-corrected chi connectivity index (χ0v) is 14.3. The summed E-state index contributed by atoms with van der Waals surface area (Å²) in [4.78, 5) is 43.1. The number of halogens is 1. The molecule has 0 radical (unpaired) electrons. The number of ether oxygens (including phenoxy) is 1. The Bertz CT molecular complexity index is 817. The van der Waals surface area contributed by atoms with Crippen LogP contribution in [0, 0.1) is 10.1 Å². The first-order valence-corrected chi connectivity index (χ1v) is 7.62. The molecule has 26 heavy (non-hydrogen) atoms. The highest BCUT2D eigenvalue weighted by atomic mass is 35.5. The number of benzene rings is 1. The van der Waals surface area contributed by atoms with Gasteiger partial charge >= 0.3 is 5.97 Å². The first-order chi connectivity index (χ1) is 12.4. The summed E-state index contributed by atoms with van der Waals surface area (Å²) in [6, 6.07) is 5.24. The molecule has 1 aromatic carbocycles. The Balaban J connectivity index is 1.83. The number of rotatable bonds is 7. The van der Waals surface area contributed by atoms with Crippen LogP contribution in [-0.4, -0.2) is 47.0 Å². The third-order valence-corrected chi connectivity index (χ3v) is 3.37. The summed E-state index contributed by atoms with van der Waals surface area (Å²) in [5, 5.41) is 13.1. The zero-order valence-electron chi connectivity index (χ0n) is 13.6. The number of amides is 1. The molecule has 0 bridgehead atoms. The summed E-state index contributed by atoms with van der Waals surface area (Å²) in [6.45, 7) is -0.675. The molecular formula is C15H14ClN5O5. The van der Waals surface area contributed by atoms with Crippen molar-refractivity contribution in [2.24, 2.45) is 0 Å². The number of hydrogen-bond donors (Lipinski definition) is 1. The number of likely N-dealkylation sites (N-methyl/N-ethyl adjacent to an activating group) is 1. The van der Waals surface area contributed by atoms with Crippen LogP contribution in [0.1, 0.15) is 0 Å². The molecule has 1 aromatic heterocycles. The third kappa shape index (κ3) is 5.38. The normalized spacial score (nSPS) is 10.1. The minimum absolute atomic E-state index is 0.000152. The minimum Gasteiger partial charge on any atom is -0.454 e. The van der Waals surface area contributed by atoms with Gasteiger partial charge in [-0.2, -0.15) is 0 Å². The van der Waals surface area contributed by atoms with Crippen LogP contribution >= 0.6 is 11.6 Å². The van der Waals surface area contributed by atoms with Crippen molar-refractivity contribution in [1.82, 2.24) is 9.97 Å². The molecule has 1 amide bonds. The molecule has 136 valence electrons. The van der Waals surface area contributed by atoms with Crippen molar-refractivity contribution in [3.05, 3.63) is 51.8 Å². The monoisotopic (exact) mass is 379 g/mol. The van der Waals surface area contributed by atoms with Gasteiger partial charge in [-0.15, -0.1) is 0 Å². The van der Waals surface area contributed by atoms with Gasteiger partial charge in [0, 0.05) is 31.6 Å². The van der Waals surface area contributed by atoms with E-state index >= 15 is 0 Å². The van der Waals surface area contributed by atoms with Crippen LogP contribution in [0.3, 0.4) is 0 Å². The van der Waals surface area contributed by atoms with Gasteiger partial charge in [0.1, 0.15) is 6.54 Å². The number of carbonyl (C=O) groups excluding carboxylic acids is 2. The summed E-state index contributed by atoms with van der Waals surface area (Å²) >= 11 is 5.87. The number of aromatic nitrogens is 2. The molecule has 11 heteroatoms. The Morgan fingerprint density at radius 1 is 1.35 bits per heavy atom. The fourth-order valence-electron chi connectivity index (χ4n) is 1.85. The Kier molecular flexibility index (Phi) is 6.39. The number of hydrogen-bond acceptors (Lipinski definition) is 8. The van der Waals surface area contributed by atoms with Gasteiger partial charge in [-0.05, 0) is 12.1 Å². The molecule has 0 saturated heterocycles. The van der Waals surface area contributed by atoms with Gasteiger partial charge < -0.3 is 15.0 Å². The topological polar surface area (TPSA) is 128 Å². The lowest BCUT2D eigenvalue weighted by atomic mass is 10.3. The number of nitrogens with one attached hydrogen (secondary N) is 1. The van der Waals surface area contributed by atoms with Gasteiger partial charge in [0.2, 0.25) is 5.95 Å². The standard InChI is InChI=1S/C15H14ClN5O5/c1-20(15-17-5-2-6-18-15)8-14(23)26-9-13(22)19-12-4-3-10(21(24)25)7-11(12)16/h2-7H,8-9H2,1H3,(H,19,22). The second kappa shape index (κ2) is 8.72. The Labute approximate surface area is 152 Å². The quantitative estimate of drug-likeness (QED) is 0.437. The van der Waals surface area contributed by atoms with Crippen LogP contribution in [-0.2, 0) is 14.3 Å². The molecule has 2 rings (SSSR count). The van der Waals surface area contributed by atoms with Crippen molar-refractivity contribution in [2.75, 3.05) is 30.4 Å². The molecule has 0 fully saturated rings. The largest absolute Gasteiger partial charge is 0.454 e. The van der Waals surface area contributed by atoms with Gasteiger partial charge in [-0.1, -0.05) is 11.6 Å². The molecule has 1 N–H and O–H groups in total. The lowest BCUT2D eigenvalue weighted by Gasteiger charge is -2.15. The van der Waals surface area contributed by atoms with E-state index in [0.717, 1.165) is 6.07 Å². The maximum Gasteiger partial charge on any atom is 0.326 e. The summed E-state index contributed by atoms with van der Waals surface area (Å²) in [5.41, 5.74) is -0.0290. The van der Waals surface area contributed by atoms with E-state index in [4.69, 9.17) is 16.3 Å². The van der Waals surface area contributed by atoms with Crippen LogP contribution in [0.2, 0.25) is 5.02 Å². The molecule has 0 saturated carbocycles. The molecule has 1 heterocycles. The van der Waals surface area contributed by atoms with Crippen molar-refractivity contribution in [3.8, 4) is 0 Å². The summed E-state index contributed by atoms with van der Waals surface area (Å²) in [6.07, 6.45) is 3.07. The smallest absolute Gasteiger partial charge is 0.326 e. The van der Waals surface area contributed by atoms with E-state index in [1.54, 1.807) is 13.1 Å². The van der Waals surface area contributed by atoms with Crippen LogP contribution < -0.4 is 10.2 Å². The Hall–Kier alpha value is -3.27. The van der Waals surface area contributed by atoms with Crippen LogP contribution in [0.5, 0.6) is 0 Å². The molecule has 0 spiro atoms. The molecule has 2 aromatic rings. The van der Waals surface area contributed by atoms with E-state index < -0.39 is 23.4 Å². The predicted molar refractivity (Wildman–Crippen MR) is 93.0 cm³/mol. The highest BCUT2D eigenvalue weighted by Crippen LogP contribution is 2.26. The first-order valence-electron chi connectivity index (χ1n) is 7.24. The molecule has 10 nitrogen and oxygen atoms in total. The molecule has 0 aliphatic heterocycles. The van der Waals surface area contributed by atoms with E-state index in [0.29, 0.717) is 5.95 Å². The maximum absolute atomic E-state index is 11.8. The zero-order chi connectivity index (χ0) is 19.1. The van der Waals surface area contributed by atoms with Gasteiger partial charge in [-0.25, -0.2) is 9.97 Å². The third-order valence-electron chi connectivity index (χ3n) is 3.06. The van der Waals surface area contributed by atoms with E-state index in [2.05, 4.69) is 15.3 Å². The molecule has 0 atom stereocenters. The first kappa shape index (κ1) is 19.1. The van der Waals surface area contributed by atoms with Gasteiger partial charge in [0.25, 0.3) is 11.6 Å². The Morgan fingerprint density at radius 3 is 2.65 bits per heavy atom. The van der Waals surface area contributed by atoms with Crippen molar-refractivity contribution in [3.63, 3.8) is 0 Å². The Morgan fingerprint density at radius 2 is 2.04 bits per heavy atom. The SMILES string of the molecule is CN(CC(=O)OCC(=O)Nc1ccc([N+](=O)[O-])cc1Cl)c1ncccn1. The molecule has 0 aliphatic carbocycles. The lowest BCUT2D eigenvalue weighted by molar-refractivity contribution is -0.384. The van der Waals surface area contributed by atoms with Gasteiger partial charge in [-0.3, -0.25) is 19.7 Å². The second-order valence-electron chi connectivity index (χ2n) is 5.03. The van der Waals surface area contributed by atoms with Gasteiger partial charge in [0.15, 0.2) is 6.61 Å². The average molecular weight is 380 g/mol. The predicted octanol–water partition coefficient (Wildman–Crippen LogP) is 1.66. The van der Waals surface area contributed by atoms with Crippen molar-refractivity contribution in [2.45, 2.75) is 0 Å². The minimum atomic E-state index is -0.648. The van der Waals surface area contributed by atoms with Crippen LogP contribution in [0.25, 0.3) is 0 Å². The van der Waals surface area contributed by atoms with Crippen molar-refractivity contribution < 1.29 is 19.2 Å². The fraction of sp³-hybridized carbons (Fsp3) is 0.200. The van der Waals surface area contributed by atoms with Crippen molar-refractivity contribution in [1.29, 1.82) is 0 Å². The van der Waals surface area contributed by atoms with E-state index in [1.807, 2.05) is 0 Å².